The second-order valence-corrected chi connectivity index (χ2v) is 8.76. The standard InChI is InChI=1S/C21H22ClN5O/c22-18-16(5-9-27-17(12-14-3-4-14)24-25-19(18)27)26-10-6-21(7-11-26)13-28-20-15(21)2-1-8-23-20/h1-2,5,8-9,14H,3-4,6-7,10-13H2. The molecule has 1 saturated heterocycles. The van der Waals surface area contributed by atoms with Crippen molar-refractivity contribution in [3.8, 4) is 5.88 Å². The van der Waals surface area contributed by atoms with Crippen molar-refractivity contribution in [3.05, 3.63) is 47.0 Å². The van der Waals surface area contributed by atoms with Crippen LogP contribution in [0.5, 0.6) is 5.88 Å². The van der Waals surface area contributed by atoms with Gasteiger partial charge >= 0.3 is 0 Å². The molecule has 1 aliphatic carbocycles. The van der Waals surface area contributed by atoms with Gasteiger partial charge in [0.2, 0.25) is 5.88 Å². The van der Waals surface area contributed by atoms with Gasteiger partial charge in [0.15, 0.2) is 5.65 Å². The highest BCUT2D eigenvalue weighted by Crippen LogP contribution is 2.45. The fraction of sp³-hybridized carbons (Fsp3) is 0.476. The first-order valence-corrected chi connectivity index (χ1v) is 10.5. The molecular weight excluding hydrogens is 374 g/mol. The predicted molar refractivity (Wildman–Crippen MR) is 107 cm³/mol. The molecule has 3 aromatic rings. The molecule has 6 nitrogen and oxygen atoms in total. The molecule has 2 fully saturated rings. The van der Waals surface area contributed by atoms with Crippen molar-refractivity contribution in [2.45, 2.75) is 37.5 Å². The van der Waals surface area contributed by atoms with Crippen LogP contribution in [0.3, 0.4) is 0 Å². The van der Waals surface area contributed by atoms with Crippen LogP contribution < -0.4 is 9.64 Å². The van der Waals surface area contributed by atoms with Gasteiger partial charge < -0.3 is 9.64 Å². The number of hydrogen-bond donors (Lipinski definition) is 0. The zero-order chi connectivity index (χ0) is 18.7. The molecule has 2 aliphatic heterocycles. The molecule has 3 aliphatic rings. The molecule has 3 aromatic heterocycles. The molecule has 1 spiro atoms. The fourth-order valence-corrected chi connectivity index (χ4v) is 5.02. The van der Waals surface area contributed by atoms with Gasteiger partial charge in [0.1, 0.15) is 10.8 Å². The summed E-state index contributed by atoms with van der Waals surface area (Å²) in [5.41, 5.74) is 3.18. The second-order valence-electron chi connectivity index (χ2n) is 8.38. The van der Waals surface area contributed by atoms with E-state index in [9.17, 15) is 0 Å². The van der Waals surface area contributed by atoms with Crippen LogP contribution in [-0.2, 0) is 11.8 Å². The Labute approximate surface area is 168 Å². The Morgan fingerprint density at radius 2 is 2.04 bits per heavy atom. The van der Waals surface area contributed by atoms with Crippen LogP contribution in [0.4, 0.5) is 5.69 Å². The molecule has 0 atom stereocenters. The monoisotopic (exact) mass is 395 g/mol. The molecule has 6 rings (SSSR count). The lowest BCUT2D eigenvalue weighted by atomic mass is 9.75. The maximum absolute atomic E-state index is 6.77. The molecule has 1 saturated carbocycles. The van der Waals surface area contributed by atoms with Gasteiger partial charge in [-0.25, -0.2) is 4.98 Å². The lowest BCUT2D eigenvalue weighted by molar-refractivity contribution is 0.227. The summed E-state index contributed by atoms with van der Waals surface area (Å²) < 4.78 is 7.93. The maximum Gasteiger partial charge on any atom is 0.217 e. The number of pyridine rings is 2. The largest absolute Gasteiger partial charge is 0.476 e. The minimum atomic E-state index is 0.0863. The van der Waals surface area contributed by atoms with E-state index >= 15 is 0 Å². The van der Waals surface area contributed by atoms with Gasteiger partial charge in [0.05, 0.1) is 12.3 Å². The van der Waals surface area contributed by atoms with Crippen molar-refractivity contribution >= 4 is 22.9 Å². The van der Waals surface area contributed by atoms with Crippen molar-refractivity contribution in [1.82, 2.24) is 19.6 Å². The minimum Gasteiger partial charge on any atom is -0.476 e. The van der Waals surface area contributed by atoms with E-state index in [4.69, 9.17) is 16.3 Å². The summed E-state index contributed by atoms with van der Waals surface area (Å²) in [4.78, 5) is 6.76. The number of fused-ring (bicyclic) bond motifs is 3. The van der Waals surface area contributed by atoms with E-state index in [1.165, 1.54) is 18.4 Å². The third-order valence-corrected chi connectivity index (χ3v) is 6.99. The van der Waals surface area contributed by atoms with Gasteiger partial charge in [0, 0.05) is 42.9 Å². The van der Waals surface area contributed by atoms with Crippen LogP contribution in [0, 0.1) is 5.92 Å². The smallest absolute Gasteiger partial charge is 0.217 e. The van der Waals surface area contributed by atoms with Gasteiger partial charge in [-0.2, -0.15) is 0 Å². The highest BCUT2D eigenvalue weighted by Gasteiger charge is 2.44. The van der Waals surface area contributed by atoms with E-state index in [0.717, 1.165) is 67.9 Å². The molecule has 144 valence electrons. The van der Waals surface area contributed by atoms with Crippen molar-refractivity contribution in [2.75, 3.05) is 24.6 Å². The molecule has 5 heterocycles. The zero-order valence-electron chi connectivity index (χ0n) is 15.6. The summed E-state index contributed by atoms with van der Waals surface area (Å²) in [6.45, 7) is 2.61. The van der Waals surface area contributed by atoms with Gasteiger partial charge in [-0.3, -0.25) is 4.40 Å². The second kappa shape index (κ2) is 6.08. The summed E-state index contributed by atoms with van der Waals surface area (Å²) in [6, 6.07) is 6.30. The Hall–Kier alpha value is -2.34. The number of halogens is 1. The molecular formula is C21H22ClN5O. The van der Waals surface area contributed by atoms with E-state index in [0.29, 0.717) is 5.02 Å². The van der Waals surface area contributed by atoms with Crippen LogP contribution in [0.2, 0.25) is 5.02 Å². The molecule has 28 heavy (non-hydrogen) atoms. The molecule has 0 aromatic carbocycles. The van der Waals surface area contributed by atoms with Crippen LogP contribution in [0.15, 0.2) is 30.6 Å². The number of hydrogen-bond acceptors (Lipinski definition) is 5. The van der Waals surface area contributed by atoms with Crippen LogP contribution >= 0.6 is 11.6 Å². The first-order valence-electron chi connectivity index (χ1n) is 10.1. The van der Waals surface area contributed by atoms with Gasteiger partial charge in [-0.15, -0.1) is 10.2 Å². The zero-order valence-corrected chi connectivity index (χ0v) is 16.4. The van der Waals surface area contributed by atoms with E-state index in [2.05, 4.69) is 42.8 Å². The number of aromatic nitrogens is 4. The summed E-state index contributed by atoms with van der Waals surface area (Å²) in [5, 5.41) is 9.48. The van der Waals surface area contributed by atoms with Crippen molar-refractivity contribution < 1.29 is 4.74 Å². The summed E-state index contributed by atoms with van der Waals surface area (Å²) in [7, 11) is 0. The van der Waals surface area contributed by atoms with E-state index in [-0.39, 0.29) is 5.41 Å². The third-order valence-electron chi connectivity index (χ3n) is 6.63. The first-order chi connectivity index (χ1) is 13.7. The molecule has 0 radical (unpaired) electrons. The third kappa shape index (κ3) is 2.50. The van der Waals surface area contributed by atoms with Gasteiger partial charge in [-0.1, -0.05) is 17.7 Å². The number of ether oxygens (including phenoxy) is 1. The Morgan fingerprint density at radius 1 is 1.18 bits per heavy atom. The average Bonchev–Trinajstić information content (AvgIpc) is 3.35. The van der Waals surface area contributed by atoms with Crippen molar-refractivity contribution in [3.63, 3.8) is 0 Å². The Bertz CT molecular complexity index is 1050. The van der Waals surface area contributed by atoms with E-state index < -0.39 is 0 Å². The highest BCUT2D eigenvalue weighted by molar-refractivity contribution is 6.36. The molecule has 0 bridgehead atoms. The topological polar surface area (TPSA) is 55.5 Å². The van der Waals surface area contributed by atoms with Gasteiger partial charge in [-0.05, 0) is 43.7 Å². The summed E-state index contributed by atoms with van der Waals surface area (Å²) in [6.07, 6.45) is 9.56. The number of nitrogens with zero attached hydrogens (tertiary/aromatic N) is 5. The summed E-state index contributed by atoms with van der Waals surface area (Å²) >= 11 is 6.77. The molecule has 0 unspecified atom stereocenters. The lowest BCUT2D eigenvalue weighted by Crippen LogP contribution is -2.43. The summed E-state index contributed by atoms with van der Waals surface area (Å²) in [5.74, 6) is 2.60. The average molecular weight is 396 g/mol. The highest BCUT2D eigenvalue weighted by atomic mass is 35.5. The van der Waals surface area contributed by atoms with E-state index in [1.807, 2.05) is 6.07 Å². The normalized spacial score (nSPS) is 20.5. The SMILES string of the molecule is Clc1c(N2CCC3(CC2)COc2ncccc23)ccn2c(CC3CC3)nnc12. The first kappa shape index (κ1) is 16.6. The van der Waals surface area contributed by atoms with Crippen molar-refractivity contribution in [1.29, 1.82) is 0 Å². The Kier molecular flexibility index (Phi) is 3.60. The molecule has 0 N–H and O–H groups in total. The fourth-order valence-electron chi connectivity index (χ4n) is 4.71. The lowest BCUT2D eigenvalue weighted by Gasteiger charge is -2.39. The number of anilines is 1. The van der Waals surface area contributed by atoms with Gasteiger partial charge in [0.25, 0.3) is 0 Å². The Balaban J connectivity index is 1.26. The van der Waals surface area contributed by atoms with Crippen LogP contribution in [0.1, 0.15) is 37.1 Å². The van der Waals surface area contributed by atoms with E-state index in [1.54, 1.807) is 6.20 Å². The Morgan fingerprint density at radius 3 is 2.86 bits per heavy atom. The number of piperidine rings is 1. The maximum atomic E-state index is 6.77. The van der Waals surface area contributed by atoms with Crippen molar-refractivity contribution in [2.24, 2.45) is 5.92 Å². The quantitative estimate of drug-likeness (QED) is 0.677. The molecule has 0 amide bonds. The van der Waals surface area contributed by atoms with Crippen LogP contribution in [0.25, 0.3) is 5.65 Å². The molecule has 7 heteroatoms. The van der Waals surface area contributed by atoms with Crippen LogP contribution in [-0.4, -0.2) is 39.3 Å². The number of rotatable bonds is 3. The minimum absolute atomic E-state index is 0.0863. The predicted octanol–water partition coefficient (Wildman–Crippen LogP) is 3.66.